The summed E-state index contributed by atoms with van der Waals surface area (Å²) in [6.45, 7) is 9.58. The molecule has 0 bridgehead atoms. The number of hydrogen-bond acceptors (Lipinski definition) is 4. The van der Waals surface area contributed by atoms with Gasteiger partial charge in [-0.2, -0.15) is 0 Å². The van der Waals surface area contributed by atoms with Crippen molar-refractivity contribution in [2.45, 2.75) is 58.5 Å². The molecule has 35 heavy (non-hydrogen) atoms. The number of carboxylic acid groups (broad SMARTS) is 1. The van der Waals surface area contributed by atoms with Crippen LogP contribution in [0.4, 0.5) is 5.69 Å². The Morgan fingerprint density at radius 1 is 1.20 bits per heavy atom. The second kappa shape index (κ2) is 12.7. The molecule has 1 saturated heterocycles. The third-order valence-electron chi connectivity index (χ3n) is 6.56. The first-order valence-electron chi connectivity index (χ1n) is 11.8. The van der Waals surface area contributed by atoms with E-state index in [1.807, 2.05) is 51.1 Å². The molecule has 2 aromatic rings. The largest absolute Gasteiger partial charge is 0.625 e. The zero-order chi connectivity index (χ0) is 24.9. The molecule has 0 spiro atoms. The third kappa shape index (κ3) is 6.93. The standard InChI is InChI=1S/C27H34ClN3O3.Ni/c1-5-31-15-9-14-27(31,4)26(34)30-22-13-12-20(28)16-21(22)25(19-10-7-6-8-11-19)29-23(18(2)3)17-24(32)33;/h6-8,10-13,16,18,23H,5,9,14-15,17H2,1-4H3,(H2,29,30,32,33,34);/p-1/t23-,27+;/m0./s1. The summed E-state index contributed by atoms with van der Waals surface area (Å²) < 4.78 is 0. The van der Waals surface area contributed by atoms with Crippen LogP contribution >= 0.6 is 11.6 Å². The first-order chi connectivity index (χ1) is 16.2. The molecule has 3 rings (SSSR count). The van der Waals surface area contributed by atoms with Crippen LogP contribution in [-0.4, -0.2) is 52.3 Å². The summed E-state index contributed by atoms with van der Waals surface area (Å²) in [5.74, 6) is -1.09. The van der Waals surface area contributed by atoms with Gasteiger partial charge in [-0.15, -0.1) is 5.69 Å². The number of aliphatic carboxylic acids is 1. The van der Waals surface area contributed by atoms with Crippen LogP contribution in [-0.2, 0) is 26.1 Å². The predicted octanol–water partition coefficient (Wildman–Crippen LogP) is 6.08. The minimum absolute atomic E-state index is 0. The number of benzene rings is 2. The second-order valence-corrected chi connectivity index (χ2v) is 9.72. The average Bonchev–Trinajstić information content (AvgIpc) is 3.20. The maximum Gasteiger partial charge on any atom is 0.305 e. The van der Waals surface area contributed by atoms with E-state index in [2.05, 4.69) is 17.1 Å². The number of likely N-dealkylation sites (tertiary alicyclic amines) is 1. The number of nitrogens with zero attached hydrogens (tertiary/aromatic N) is 3. The van der Waals surface area contributed by atoms with Gasteiger partial charge in [0, 0.05) is 27.1 Å². The van der Waals surface area contributed by atoms with Gasteiger partial charge in [0.25, 0.3) is 0 Å². The normalized spacial score (nSPS) is 19.3. The fourth-order valence-corrected chi connectivity index (χ4v) is 4.64. The summed E-state index contributed by atoms with van der Waals surface area (Å²) in [4.78, 5) is 32.0. The van der Waals surface area contributed by atoms with Crippen molar-refractivity contribution in [1.82, 2.24) is 4.90 Å². The van der Waals surface area contributed by atoms with E-state index in [0.29, 0.717) is 22.0 Å². The molecule has 2 atom stereocenters. The number of amides is 1. The number of rotatable bonds is 9. The molecular weight excluding hydrogens is 508 g/mol. The Morgan fingerprint density at radius 2 is 1.89 bits per heavy atom. The van der Waals surface area contributed by atoms with Crippen LogP contribution in [0.5, 0.6) is 0 Å². The minimum Gasteiger partial charge on any atom is -0.625 e. The molecule has 2 aromatic carbocycles. The number of halogens is 1. The quantitative estimate of drug-likeness (QED) is 0.308. The van der Waals surface area contributed by atoms with Crippen molar-refractivity contribution in [3.8, 4) is 0 Å². The Bertz CT molecular complexity index is 1060. The van der Waals surface area contributed by atoms with Gasteiger partial charge >= 0.3 is 5.97 Å². The molecule has 1 aliphatic heterocycles. The molecule has 1 N–H and O–H groups in total. The molecule has 8 heteroatoms. The molecule has 0 unspecified atom stereocenters. The fraction of sp³-hybridized carbons (Fsp3) is 0.444. The van der Waals surface area contributed by atoms with Gasteiger partial charge in [-0.25, -0.2) is 0 Å². The van der Waals surface area contributed by atoms with Gasteiger partial charge in [-0.05, 0) is 56.5 Å². The van der Waals surface area contributed by atoms with Crippen molar-refractivity contribution < 1.29 is 31.2 Å². The van der Waals surface area contributed by atoms with Gasteiger partial charge in [0.2, 0.25) is 0 Å². The SMILES string of the molecule is CCN1CCC[C@]1(C)C(=O)[N-]c1ccc(Cl)cc1C(=N[C@@H](CC(=O)O)C(C)C)c1ccccc1.[Ni]. The van der Waals surface area contributed by atoms with Crippen LogP contribution in [0.2, 0.25) is 5.02 Å². The number of likely N-dealkylation sites (N-methyl/N-ethyl adjacent to an activating group) is 1. The molecule has 0 radical (unpaired) electrons. The molecule has 0 aliphatic carbocycles. The van der Waals surface area contributed by atoms with Crippen molar-refractivity contribution >= 4 is 34.9 Å². The van der Waals surface area contributed by atoms with E-state index < -0.39 is 17.6 Å². The van der Waals surface area contributed by atoms with Crippen LogP contribution in [0.15, 0.2) is 53.5 Å². The fourth-order valence-electron chi connectivity index (χ4n) is 4.46. The number of carbonyl (C=O) groups excluding carboxylic acids is 1. The first-order valence-corrected chi connectivity index (χ1v) is 12.2. The topological polar surface area (TPSA) is 84.1 Å². The van der Waals surface area contributed by atoms with E-state index in [1.54, 1.807) is 18.2 Å². The molecule has 192 valence electrons. The van der Waals surface area contributed by atoms with Crippen LogP contribution < -0.4 is 0 Å². The van der Waals surface area contributed by atoms with Gasteiger partial charge in [0.15, 0.2) is 0 Å². The molecule has 0 saturated carbocycles. The van der Waals surface area contributed by atoms with Crippen LogP contribution in [0.3, 0.4) is 0 Å². The molecule has 1 heterocycles. The molecule has 6 nitrogen and oxygen atoms in total. The van der Waals surface area contributed by atoms with Crippen molar-refractivity contribution in [1.29, 1.82) is 0 Å². The minimum atomic E-state index is -0.908. The molecule has 1 aliphatic rings. The van der Waals surface area contributed by atoms with Gasteiger partial charge in [0.05, 0.1) is 29.6 Å². The Labute approximate surface area is 223 Å². The summed E-state index contributed by atoms with van der Waals surface area (Å²) in [6.07, 6.45) is 1.63. The monoisotopic (exact) mass is 540 g/mol. The summed E-state index contributed by atoms with van der Waals surface area (Å²) in [5, 5.41) is 14.5. The Balaban J connectivity index is 0.00000432. The Kier molecular flexibility index (Phi) is 10.5. The number of aliphatic imine (C=N–C) groups is 1. The van der Waals surface area contributed by atoms with Gasteiger partial charge in [0.1, 0.15) is 0 Å². The zero-order valence-corrected chi connectivity index (χ0v) is 22.4. The van der Waals surface area contributed by atoms with Crippen molar-refractivity contribution in [3.63, 3.8) is 0 Å². The maximum atomic E-state index is 13.4. The van der Waals surface area contributed by atoms with Crippen molar-refractivity contribution in [2.75, 3.05) is 13.1 Å². The van der Waals surface area contributed by atoms with Gasteiger partial charge < -0.3 is 15.2 Å². The summed E-state index contributed by atoms with van der Waals surface area (Å²) >= 11 is 6.38. The Hall–Kier alpha value is -2.21. The predicted molar refractivity (Wildman–Crippen MR) is 137 cm³/mol. The van der Waals surface area contributed by atoms with E-state index in [-0.39, 0.29) is 34.7 Å². The smallest absolute Gasteiger partial charge is 0.305 e. The Morgan fingerprint density at radius 3 is 2.49 bits per heavy atom. The maximum absolute atomic E-state index is 13.4. The van der Waals surface area contributed by atoms with Gasteiger partial charge in [-0.3, -0.25) is 14.7 Å². The van der Waals surface area contributed by atoms with E-state index in [1.165, 1.54) is 0 Å². The summed E-state index contributed by atoms with van der Waals surface area (Å²) in [6, 6.07) is 14.3. The molecular formula is C27H33ClN3NiO3-. The second-order valence-electron chi connectivity index (χ2n) is 9.29. The van der Waals surface area contributed by atoms with Crippen LogP contribution in [0.1, 0.15) is 58.1 Å². The van der Waals surface area contributed by atoms with E-state index in [9.17, 15) is 14.7 Å². The van der Waals surface area contributed by atoms with Gasteiger partial charge in [-0.1, -0.05) is 68.8 Å². The summed E-state index contributed by atoms with van der Waals surface area (Å²) in [7, 11) is 0. The zero-order valence-electron chi connectivity index (χ0n) is 20.6. The van der Waals surface area contributed by atoms with E-state index in [4.69, 9.17) is 16.6 Å². The third-order valence-corrected chi connectivity index (χ3v) is 6.80. The number of carbonyl (C=O) groups is 2. The average molecular weight is 542 g/mol. The molecule has 1 fully saturated rings. The van der Waals surface area contributed by atoms with Crippen molar-refractivity contribution in [3.05, 3.63) is 70.0 Å². The summed E-state index contributed by atoms with van der Waals surface area (Å²) in [5.41, 5.74) is 1.86. The molecule has 1 amide bonds. The number of hydrogen-bond donors (Lipinski definition) is 1. The van der Waals surface area contributed by atoms with Crippen LogP contribution in [0, 0.1) is 5.92 Å². The van der Waals surface area contributed by atoms with E-state index >= 15 is 0 Å². The van der Waals surface area contributed by atoms with E-state index in [0.717, 1.165) is 31.5 Å². The van der Waals surface area contributed by atoms with Crippen molar-refractivity contribution in [2.24, 2.45) is 10.9 Å². The first kappa shape index (κ1) is 29.0. The number of carboxylic acids is 1. The van der Waals surface area contributed by atoms with Crippen LogP contribution in [0.25, 0.3) is 5.32 Å². The molecule has 0 aromatic heterocycles.